The van der Waals surface area contributed by atoms with Crippen molar-refractivity contribution in [2.45, 2.75) is 44.7 Å². The van der Waals surface area contributed by atoms with E-state index in [-0.39, 0.29) is 5.82 Å². The molecule has 2 aliphatic rings. The van der Waals surface area contributed by atoms with Crippen LogP contribution in [0.15, 0.2) is 18.2 Å². The number of hydrogen-bond acceptors (Lipinski definition) is 2. The molecule has 18 heavy (non-hydrogen) atoms. The summed E-state index contributed by atoms with van der Waals surface area (Å²) in [6.07, 6.45) is 5.19. The molecule has 0 bridgehead atoms. The highest BCUT2D eigenvalue weighted by atomic mass is 19.1. The third-order valence-corrected chi connectivity index (χ3v) is 4.36. The standard InChI is InChI=1S/C15H21FN2/c1-11-10-12(16)6-7-14(11)18-9-8-17-13-4-2-3-5-15(13)18/h6-7,10,13,15,17H,2-5,8-9H2,1H3/t13-,15-/m0/s1. The Kier molecular flexibility index (Phi) is 3.25. The van der Waals surface area contributed by atoms with E-state index in [0.717, 1.165) is 18.7 Å². The van der Waals surface area contributed by atoms with Gasteiger partial charge < -0.3 is 10.2 Å². The van der Waals surface area contributed by atoms with Gasteiger partial charge in [0, 0.05) is 30.9 Å². The molecule has 3 heteroatoms. The highest BCUT2D eigenvalue weighted by molar-refractivity contribution is 5.55. The van der Waals surface area contributed by atoms with Crippen LogP contribution >= 0.6 is 0 Å². The Bertz CT molecular complexity index is 431. The predicted molar refractivity (Wildman–Crippen MR) is 72.5 cm³/mol. The molecular formula is C15H21FN2. The molecule has 1 aliphatic carbocycles. The maximum Gasteiger partial charge on any atom is 0.123 e. The summed E-state index contributed by atoms with van der Waals surface area (Å²) in [6, 6.07) is 6.40. The largest absolute Gasteiger partial charge is 0.365 e. The fourth-order valence-electron chi connectivity index (χ4n) is 3.50. The number of hydrogen-bond donors (Lipinski definition) is 1. The Labute approximate surface area is 108 Å². The van der Waals surface area contributed by atoms with Crippen LogP contribution < -0.4 is 10.2 Å². The van der Waals surface area contributed by atoms with E-state index in [1.165, 1.54) is 31.4 Å². The number of anilines is 1. The van der Waals surface area contributed by atoms with Crippen molar-refractivity contribution in [1.29, 1.82) is 0 Å². The monoisotopic (exact) mass is 248 g/mol. The average molecular weight is 248 g/mol. The van der Waals surface area contributed by atoms with Crippen LogP contribution in [0.5, 0.6) is 0 Å². The molecule has 1 heterocycles. The molecule has 1 saturated heterocycles. The molecule has 1 aliphatic heterocycles. The van der Waals surface area contributed by atoms with Gasteiger partial charge in [0.15, 0.2) is 0 Å². The first-order valence-electron chi connectivity index (χ1n) is 7.02. The minimum atomic E-state index is -0.133. The summed E-state index contributed by atoms with van der Waals surface area (Å²) < 4.78 is 13.2. The smallest absolute Gasteiger partial charge is 0.123 e. The number of rotatable bonds is 1. The highest BCUT2D eigenvalue weighted by Crippen LogP contribution is 2.31. The van der Waals surface area contributed by atoms with E-state index in [9.17, 15) is 4.39 Å². The van der Waals surface area contributed by atoms with Crippen molar-refractivity contribution < 1.29 is 4.39 Å². The van der Waals surface area contributed by atoms with Crippen molar-refractivity contribution in [2.75, 3.05) is 18.0 Å². The molecule has 2 nitrogen and oxygen atoms in total. The van der Waals surface area contributed by atoms with E-state index in [1.54, 1.807) is 12.1 Å². The van der Waals surface area contributed by atoms with E-state index in [2.05, 4.69) is 10.2 Å². The van der Waals surface area contributed by atoms with Gasteiger partial charge in [0.25, 0.3) is 0 Å². The summed E-state index contributed by atoms with van der Waals surface area (Å²) in [5, 5.41) is 3.64. The molecule has 0 radical (unpaired) electrons. The summed E-state index contributed by atoms with van der Waals surface area (Å²) in [6.45, 7) is 4.09. The lowest BCUT2D eigenvalue weighted by atomic mass is 9.87. The first-order chi connectivity index (χ1) is 8.75. The summed E-state index contributed by atoms with van der Waals surface area (Å²) in [5.41, 5.74) is 2.27. The number of benzene rings is 1. The summed E-state index contributed by atoms with van der Waals surface area (Å²) in [7, 11) is 0. The number of fused-ring (bicyclic) bond motifs is 1. The number of nitrogens with one attached hydrogen (secondary N) is 1. The molecule has 0 aromatic heterocycles. The molecule has 1 saturated carbocycles. The van der Waals surface area contributed by atoms with Crippen LogP contribution in [0.2, 0.25) is 0 Å². The van der Waals surface area contributed by atoms with E-state index < -0.39 is 0 Å². The zero-order valence-corrected chi connectivity index (χ0v) is 11.0. The topological polar surface area (TPSA) is 15.3 Å². The molecule has 1 aromatic carbocycles. The van der Waals surface area contributed by atoms with Crippen LogP contribution in [-0.2, 0) is 0 Å². The van der Waals surface area contributed by atoms with Crippen molar-refractivity contribution in [3.63, 3.8) is 0 Å². The zero-order valence-electron chi connectivity index (χ0n) is 11.0. The molecule has 0 spiro atoms. The van der Waals surface area contributed by atoms with Crippen molar-refractivity contribution in [1.82, 2.24) is 5.32 Å². The molecule has 98 valence electrons. The van der Waals surface area contributed by atoms with Gasteiger partial charge in [-0.2, -0.15) is 0 Å². The van der Waals surface area contributed by atoms with E-state index in [0.29, 0.717) is 12.1 Å². The molecule has 2 fully saturated rings. The van der Waals surface area contributed by atoms with Gasteiger partial charge in [-0.3, -0.25) is 0 Å². The van der Waals surface area contributed by atoms with E-state index in [1.807, 2.05) is 13.0 Å². The zero-order chi connectivity index (χ0) is 12.5. The number of aryl methyl sites for hydroxylation is 1. The Balaban J connectivity index is 1.89. The lowest BCUT2D eigenvalue weighted by molar-refractivity contribution is 0.284. The molecule has 1 N–H and O–H groups in total. The van der Waals surface area contributed by atoms with Gasteiger partial charge in [-0.05, 0) is 43.5 Å². The maximum atomic E-state index is 13.2. The summed E-state index contributed by atoms with van der Waals surface area (Å²) >= 11 is 0. The quantitative estimate of drug-likeness (QED) is 0.822. The van der Waals surface area contributed by atoms with E-state index in [4.69, 9.17) is 0 Å². The van der Waals surface area contributed by atoms with Gasteiger partial charge in [-0.1, -0.05) is 12.8 Å². The minimum absolute atomic E-state index is 0.133. The lowest BCUT2D eigenvalue weighted by Crippen LogP contribution is -2.59. The van der Waals surface area contributed by atoms with Gasteiger partial charge >= 0.3 is 0 Å². The fraction of sp³-hybridized carbons (Fsp3) is 0.600. The molecule has 3 rings (SSSR count). The van der Waals surface area contributed by atoms with Crippen molar-refractivity contribution in [3.05, 3.63) is 29.6 Å². The first kappa shape index (κ1) is 12.0. The molecular weight excluding hydrogens is 227 g/mol. The second-order valence-electron chi connectivity index (χ2n) is 5.54. The first-order valence-corrected chi connectivity index (χ1v) is 7.02. The van der Waals surface area contributed by atoms with Gasteiger partial charge in [-0.15, -0.1) is 0 Å². The van der Waals surface area contributed by atoms with Crippen LogP contribution in [0.25, 0.3) is 0 Å². The predicted octanol–water partition coefficient (Wildman–Crippen LogP) is 2.85. The van der Waals surface area contributed by atoms with Crippen LogP contribution in [0.3, 0.4) is 0 Å². The Hall–Kier alpha value is -1.09. The fourth-order valence-corrected chi connectivity index (χ4v) is 3.50. The minimum Gasteiger partial charge on any atom is -0.365 e. The number of halogens is 1. The second-order valence-corrected chi connectivity index (χ2v) is 5.54. The van der Waals surface area contributed by atoms with Crippen molar-refractivity contribution in [3.8, 4) is 0 Å². The van der Waals surface area contributed by atoms with E-state index >= 15 is 0 Å². The van der Waals surface area contributed by atoms with Crippen LogP contribution in [0, 0.1) is 12.7 Å². The summed E-state index contributed by atoms with van der Waals surface area (Å²) in [4.78, 5) is 2.50. The Morgan fingerprint density at radius 3 is 2.94 bits per heavy atom. The second kappa shape index (κ2) is 4.88. The third-order valence-electron chi connectivity index (χ3n) is 4.36. The average Bonchev–Trinajstić information content (AvgIpc) is 2.38. The van der Waals surface area contributed by atoms with Gasteiger partial charge in [-0.25, -0.2) is 4.39 Å². The van der Waals surface area contributed by atoms with Crippen molar-refractivity contribution >= 4 is 5.69 Å². The van der Waals surface area contributed by atoms with Crippen LogP contribution in [-0.4, -0.2) is 25.2 Å². The Morgan fingerprint density at radius 2 is 2.11 bits per heavy atom. The maximum absolute atomic E-state index is 13.2. The van der Waals surface area contributed by atoms with Gasteiger partial charge in [0.1, 0.15) is 5.82 Å². The van der Waals surface area contributed by atoms with Gasteiger partial charge in [0.2, 0.25) is 0 Å². The summed E-state index contributed by atoms with van der Waals surface area (Å²) in [5.74, 6) is -0.133. The van der Waals surface area contributed by atoms with Crippen molar-refractivity contribution in [2.24, 2.45) is 0 Å². The third kappa shape index (κ3) is 2.12. The lowest BCUT2D eigenvalue weighted by Gasteiger charge is -2.46. The molecule has 1 aromatic rings. The molecule has 0 amide bonds. The highest BCUT2D eigenvalue weighted by Gasteiger charge is 2.33. The van der Waals surface area contributed by atoms with Crippen LogP contribution in [0.1, 0.15) is 31.2 Å². The van der Waals surface area contributed by atoms with Gasteiger partial charge in [0.05, 0.1) is 0 Å². The number of piperazine rings is 1. The number of nitrogens with zero attached hydrogens (tertiary/aromatic N) is 1. The molecule has 2 atom stereocenters. The normalized spacial score (nSPS) is 28.0. The SMILES string of the molecule is Cc1cc(F)ccc1N1CCN[C@H]2CCCC[C@@H]21. The van der Waals surface area contributed by atoms with Crippen LogP contribution in [0.4, 0.5) is 10.1 Å². The molecule has 0 unspecified atom stereocenters. The Morgan fingerprint density at radius 1 is 1.28 bits per heavy atom.